The van der Waals surface area contributed by atoms with Crippen LogP contribution in [0.25, 0.3) is 0 Å². The second-order valence-corrected chi connectivity index (χ2v) is 7.01. The molecular weight excluding hydrogens is 338 g/mol. The zero-order chi connectivity index (χ0) is 14.4. The third-order valence-corrected chi connectivity index (χ3v) is 5.54. The van der Waals surface area contributed by atoms with Gasteiger partial charge in [0, 0.05) is 18.9 Å². The number of ether oxygens (including phenoxy) is 1. The standard InChI is InChI=1S/C14H22BrN3OS/c1-3-16-14-13(15)11(8-19-2)17-12(18-14)9-20-10-6-4-5-7-10/h10H,3-9H2,1-2H3,(H,16,17,18). The molecule has 0 atom stereocenters. The Labute approximate surface area is 133 Å². The number of hydrogen-bond acceptors (Lipinski definition) is 5. The van der Waals surface area contributed by atoms with Gasteiger partial charge in [0.1, 0.15) is 11.6 Å². The van der Waals surface area contributed by atoms with Crippen LogP contribution in [0, 0.1) is 0 Å². The monoisotopic (exact) mass is 359 g/mol. The first kappa shape index (κ1) is 16.0. The Kier molecular flexibility index (Phi) is 6.58. The van der Waals surface area contributed by atoms with Crippen LogP contribution < -0.4 is 5.32 Å². The first-order valence-corrected chi connectivity index (χ1v) is 8.98. The molecule has 1 aromatic heterocycles. The van der Waals surface area contributed by atoms with Crippen molar-refractivity contribution in [1.82, 2.24) is 9.97 Å². The van der Waals surface area contributed by atoms with Crippen molar-refractivity contribution in [3.8, 4) is 0 Å². The molecule has 0 aliphatic heterocycles. The van der Waals surface area contributed by atoms with Crippen LogP contribution in [0.2, 0.25) is 0 Å². The number of hydrogen-bond donors (Lipinski definition) is 1. The normalized spacial score (nSPS) is 15.8. The molecule has 1 heterocycles. The van der Waals surface area contributed by atoms with Crippen molar-refractivity contribution in [3.05, 3.63) is 16.0 Å². The molecule has 0 amide bonds. The van der Waals surface area contributed by atoms with Gasteiger partial charge in [0.15, 0.2) is 0 Å². The highest BCUT2D eigenvalue weighted by molar-refractivity contribution is 9.10. The lowest BCUT2D eigenvalue weighted by atomic mass is 10.4. The van der Waals surface area contributed by atoms with Gasteiger partial charge in [0.2, 0.25) is 0 Å². The van der Waals surface area contributed by atoms with Gasteiger partial charge in [-0.1, -0.05) is 12.8 Å². The number of nitrogens with one attached hydrogen (secondary N) is 1. The van der Waals surface area contributed by atoms with Gasteiger partial charge in [-0.2, -0.15) is 11.8 Å². The summed E-state index contributed by atoms with van der Waals surface area (Å²) in [7, 11) is 1.69. The Morgan fingerprint density at radius 3 is 2.75 bits per heavy atom. The number of anilines is 1. The molecule has 1 aromatic rings. The third kappa shape index (κ3) is 4.33. The van der Waals surface area contributed by atoms with E-state index in [-0.39, 0.29) is 0 Å². The van der Waals surface area contributed by atoms with E-state index in [0.29, 0.717) is 6.61 Å². The summed E-state index contributed by atoms with van der Waals surface area (Å²) in [4.78, 5) is 9.24. The number of rotatable bonds is 7. The van der Waals surface area contributed by atoms with Gasteiger partial charge in [0.05, 0.1) is 22.5 Å². The van der Waals surface area contributed by atoms with E-state index < -0.39 is 0 Å². The van der Waals surface area contributed by atoms with Crippen LogP contribution in [0.5, 0.6) is 0 Å². The van der Waals surface area contributed by atoms with E-state index >= 15 is 0 Å². The summed E-state index contributed by atoms with van der Waals surface area (Å²) < 4.78 is 6.13. The van der Waals surface area contributed by atoms with E-state index in [1.165, 1.54) is 25.7 Å². The molecule has 6 heteroatoms. The first-order chi connectivity index (χ1) is 9.74. The highest BCUT2D eigenvalue weighted by atomic mass is 79.9. The van der Waals surface area contributed by atoms with Crippen molar-refractivity contribution < 1.29 is 4.74 Å². The van der Waals surface area contributed by atoms with Crippen molar-refractivity contribution in [2.24, 2.45) is 0 Å². The second kappa shape index (κ2) is 8.20. The Bertz CT molecular complexity index is 411. The quantitative estimate of drug-likeness (QED) is 0.797. The Balaban J connectivity index is 2.09. The van der Waals surface area contributed by atoms with Gasteiger partial charge in [-0.15, -0.1) is 0 Å². The molecule has 1 saturated carbocycles. The van der Waals surface area contributed by atoms with Crippen molar-refractivity contribution in [2.75, 3.05) is 19.0 Å². The maximum Gasteiger partial charge on any atom is 0.144 e. The molecule has 1 aliphatic rings. The summed E-state index contributed by atoms with van der Waals surface area (Å²) in [6, 6.07) is 0. The lowest BCUT2D eigenvalue weighted by Crippen LogP contribution is -2.09. The van der Waals surface area contributed by atoms with E-state index in [1.54, 1.807) is 7.11 Å². The van der Waals surface area contributed by atoms with Gasteiger partial charge in [-0.05, 0) is 35.7 Å². The minimum absolute atomic E-state index is 0.503. The van der Waals surface area contributed by atoms with E-state index in [0.717, 1.165) is 39.4 Å². The maximum absolute atomic E-state index is 5.22. The highest BCUT2D eigenvalue weighted by Gasteiger charge is 2.17. The van der Waals surface area contributed by atoms with Gasteiger partial charge in [-0.3, -0.25) is 0 Å². The van der Waals surface area contributed by atoms with Crippen molar-refractivity contribution in [2.45, 2.75) is 50.2 Å². The molecule has 1 aliphatic carbocycles. The van der Waals surface area contributed by atoms with Gasteiger partial charge in [0.25, 0.3) is 0 Å². The molecule has 0 saturated heterocycles. The molecule has 112 valence electrons. The van der Waals surface area contributed by atoms with Crippen LogP contribution in [0.1, 0.15) is 44.1 Å². The molecule has 4 nitrogen and oxygen atoms in total. The van der Waals surface area contributed by atoms with Crippen LogP contribution in [0.4, 0.5) is 5.82 Å². The van der Waals surface area contributed by atoms with Crippen molar-refractivity contribution in [1.29, 1.82) is 0 Å². The average Bonchev–Trinajstić information content (AvgIpc) is 2.95. The van der Waals surface area contributed by atoms with Crippen LogP contribution in [-0.2, 0) is 17.1 Å². The Hall–Kier alpha value is -0.330. The molecule has 0 bridgehead atoms. The summed E-state index contributed by atoms with van der Waals surface area (Å²) >= 11 is 5.55. The number of aromatic nitrogens is 2. The molecule has 1 fully saturated rings. The van der Waals surface area contributed by atoms with Crippen LogP contribution in [0.3, 0.4) is 0 Å². The largest absolute Gasteiger partial charge is 0.378 e. The van der Waals surface area contributed by atoms with Crippen LogP contribution >= 0.6 is 27.7 Å². The van der Waals surface area contributed by atoms with Crippen molar-refractivity contribution in [3.63, 3.8) is 0 Å². The topological polar surface area (TPSA) is 47.0 Å². The van der Waals surface area contributed by atoms with E-state index in [1.807, 2.05) is 11.8 Å². The maximum atomic E-state index is 5.22. The first-order valence-electron chi connectivity index (χ1n) is 7.14. The van der Waals surface area contributed by atoms with Gasteiger partial charge in [-0.25, -0.2) is 9.97 Å². The minimum atomic E-state index is 0.503. The second-order valence-electron chi connectivity index (χ2n) is 4.93. The van der Waals surface area contributed by atoms with Crippen LogP contribution in [-0.4, -0.2) is 28.9 Å². The van der Waals surface area contributed by atoms with E-state index in [9.17, 15) is 0 Å². The predicted molar refractivity (Wildman–Crippen MR) is 88.2 cm³/mol. The van der Waals surface area contributed by atoms with E-state index in [2.05, 4.69) is 38.1 Å². The highest BCUT2D eigenvalue weighted by Crippen LogP contribution is 2.32. The smallest absolute Gasteiger partial charge is 0.144 e. The molecule has 1 N–H and O–H groups in total. The molecule has 0 spiro atoms. The minimum Gasteiger partial charge on any atom is -0.378 e. The molecule has 0 unspecified atom stereocenters. The molecule has 20 heavy (non-hydrogen) atoms. The summed E-state index contributed by atoms with van der Waals surface area (Å²) in [6.45, 7) is 3.41. The number of halogens is 1. The molecule has 2 rings (SSSR count). The fourth-order valence-electron chi connectivity index (χ4n) is 2.37. The lowest BCUT2D eigenvalue weighted by molar-refractivity contribution is 0.180. The van der Waals surface area contributed by atoms with Gasteiger partial charge < -0.3 is 10.1 Å². The summed E-state index contributed by atoms with van der Waals surface area (Å²) in [6.07, 6.45) is 5.42. The third-order valence-electron chi connectivity index (χ3n) is 3.34. The SMILES string of the molecule is CCNc1nc(CSC2CCCC2)nc(COC)c1Br. The molecule has 0 aromatic carbocycles. The summed E-state index contributed by atoms with van der Waals surface area (Å²) in [5, 5.41) is 4.07. The van der Waals surface area contributed by atoms with Crippen LogP contribution in [0.15, 0.2) is 4.47 Å². The average molecular weight is 360 g/mol. The number of nitrogens with zero attached hydrogens (tertiary/aromatic N) is 2. The van der Waals surface area contributed by atoms with Gasteiger partial charge >= 0.3 is 0 Å². The summed E-state index contributed by atoms with van der Waals surface area (Å²) in [5.74, 6) is 2.65. The fourth-order valence-corrected chi connectivity index (χ4v) is 3.99. The number of methoxy groups -OCH3 is 1. The zero-order valence-corrected chi connectivity index (χ0v) is 14.5. The fraction of sp³-hybridized carbons (Fsp3) is 0.714. The Morgan fingerprint density at radius 1 is 1.35 bits per heavy atom. The predicted octanol–water partition coefficient (Wildman–Crippen LogP) is 3.99. The summed E-state index contributed by atoms with van der Waals surface area (Å²) in [5.41, 5.74) is 0.917. The Morgan fingerprint density at radius 2 is 2.10 bits per heavy atom. The molecule has 0 radical (unpaired) electrons. The zero-order valence-electron chi connectivity index (χ0n) is 12.1. The van der Waals surface area contributed by atoms with E-state index in [4.69, 9.17) is 4.74 Å². The van der Waals surface area contributed by atoms with Crippen molar-refractivity contribution >= 4 is 33.5 Å². The molecular formula is C14H22BrN3OS. The lowest BCUT2D eigenvalue weighted by Gasteiger charge is -2.13. The number of thioether (sulfide) groups is 1.